The van der Waals surface area contributed by atoms with Crippen LogP contribution in [0.15, 0.2) is 0 Å². The first-order valence-electron chi connectivity index (χ1n) is 6.02. The molecule has 0 aliphatic rings. The summed E-state index contributed by atoms with van der Waals surface area (Å²) in [6, 6.07) is 0. The van der Waals surface area contributed by atoms with Crippen molar-refractivity contribution in [3.8, 4) is 0 Å². The minimum absolute atomic E-state index is 0.0523. The van der Waals surface area contributed by atoms with Gasteiger partial charge in [0.05, 0.1) is 6.61 Å². The largest absolute Gasteiger partial charge is 0.466 e. The number of ether oxygens (including phenoxy) is 1. The molecule has 0 saturated carbocycles. The number of esters is 1. The van der Waals surface area contributed by atoms with Crippen molar-refractivity contribution < 1.29 is 9.53 Å². The second-order valence-corrected chi connectivity index (χ2v) is 10.0. The van der Waals surface area contributed by atoms with Crippen LogP contribution in [-0.4, -0.2) is 29.1 Å². The van der Waals surface area contributed by atoms with E-state index >= 15 is 0 Å². The van der Waals surface area contributed by atoms with E-state index in [-0.39, 0.29) is 13.9 Å². The number of carbonyl (C=O) groups excluding carboxylic acids is 1. The quantitative estimate of drug-likeness (QED) is 0.553. The molecule has 2 nitrogen and oxygen atoms in total. The summed E-state index contributed by atoms with van der Waals surface area (Å²) in [5.41, 5.74) is 0. The van der Waals surface area contributed by atoms with E-state index < -0.39 is 0 Å². The topological polar surface area (TPSA) is 26.3 Å². The molecule has 0 aromatic rings. The lowest BCUT2D eigenvalue weighted by Gasteiger charge is -2.41. The van der Waals surface area contributed by atoms with Gasteiger partial charge < -0.3 is 4.74 Å². The van der Waals surface area contributed by atoms with Crippen molar-refractivity contribution in [1.82, 2.24) is 0 Å². The molecule has 0 atom stereocenters. The summed E-state index contributed by atoms with van der Waals surface area (Å²) in [6.07, 6.45) is 1.54. The first-order valence-corrected chi connectivity index (χ1v) is 7.55. The maximum absolute atomic E-state index is 11.4. The Kier molecular flexibility index (Phi) is 5.96. The second kappa shape index (κ2) is 6.00. The Morgan fingerprint density at radius 2 is 1.50 bits per heavy atom. The van der Waals surface area contributed by atoms with E-state index in [2.05, 4.69) is 41.5 Å². The minimum Gasteiger partial charge on any atom is -0.466 e. The first kappa shape index (κ1) is 15.9. The Morgan fingerprint density at radius 1 is 1.06 bits per heavy atom. The normalized spacial score (nSPS) is 13.0. The molecule has 0 heterocycles. The highest BCUT2D eigenvalue weighted by Crippen LogP contribution is 2.59. The van der Waals surface area contributed by atoms with Gasteiger partial charge in [-0.25, -0.2) is 0 Å². The van der Waals surface area contributed by atoms with Crippen LogP contribution in [0.25, 0.3) is 0 Å². The third kappa shape index (κ3) is 5.84. The summed E-state index contributed by atoms with van der Waals surface area (Å²) < 4.78 is 4.99. The molecule has 0 aromatic carbocycles. The predicted molar refractivity (Wildman–Crippen MR) is 72.5 cm³/mol. The highest BCUT2D eigenvalue weighted by molar-refractivity contribution is 7.60. The van der Waals surface area contributed by atoms with Gasteiger partial charge in [-0.05, 0) is 23.4 Å². The van der Waals surface area contributed by atoms with Gasteiger partial charge in [0.1, 0.15) is 0 Å². The summed E-state index contributed by atoms with van der Waals surface area (Å²) >= 11 is 0. The van der Waals surface area contributed by atoms with Crippen molar-refractivity contribution in [2.24, 2.45) is 0 Å². The predicted octanol–water partition coefficient (Wildman–Crippen LogP) is 4.02. The SMILES string of the molecule is CCOC(=O)CCP(C(C)(C)C)C(C)(C)C. The van der Waals surface area contributed by atoms with Crippen LogP contribution in [0.2, 0.25) is 0 Å². The van der Waals surface area contributed by atoms with Crippen LogP contribution in [-0.2, 0) is 9.53 Å². The Morgan fingerprint density at radius 3 is 1.81 bits per heavy atom. The molecule has 0 bridgehead atoms. The Labute approximate surface area is 102 Å². The lowest BCUT2D eigenvalue weighted by Crippen LogP contribution is -2.27. The second-order valence-electron chi connectivity index (χ2n) is 6.05. The fourth-order valence-electron chi connectivity index (χ4n) is 2.11. The molecule has 0 unspecified atom stereocenters. The lowest BCUT2D eigenvalue weighted by molar-refractivity contribution is -0.142. The van der Waals surface area contributed by atoms with Crippen LogP contribution in [0.3, 0.4) is 0 Å². The van der Waals surface area contributed by atoms with Crippen molar-refractivity contribution in [2.45, 2.75) is 65.2 Å². The summed E-state index contributed by atoms with van der Waals surface area (Å²) in [5.74, 6) is -0.0523. The van der Waals surface area contributed by atoms with Gasteiger partial charge in [0.15, 0.2) is 0 Å². The van der Waals surface area contributed by atoms with Crippen molar-refractivity contribution in [1.29, 1.82) is 0 Å². The van der Waals surface area contributed by atoms with E-state index in [4.69, 9.17) is 4.74 Å². The molecule has 3 heteroatoms. The monoisotopic (exact) mass is 246 g/mol. The van der Waals surface area contributed by atoms with Crippen molar-refractivity contribution in [2.75, 3.05) is 12.8 Å². The van der Waals surface area contributed by atoms with Crippen molar-refractivity contribution in [3.05, 3.63) is 0 Å². The fourth-order valence-corrected chi connectivity index (χ4v) is 5.87. The molecule has 96 valence electrons. The Bertz CT molecular complexity index is 209. The van der Waals surface area contributed by atoms with E-state index in [0.29, 0.717) is 23.3 Å². The lowest BCUT2D eigenvalue weighted by atomic mass is 10.2. The summed E-state index contributed by atoms with van der Waals surface area (Å²) in [5, 5.41) is 0.583. The number of hydrogen-bond acceptors (Lipinski definition) is 2. The molecule has 16 heavy (non-hydrogen) atoms. The average Bonchev–Trinajstić information content (AvgIpc) is 1.99. The highest BCUT2D eigenvalue weighted by atomic mass is 31.1. The number of hydrogen-bond donors (Lipinski definition) is 0. The molecular formula is C13H27O2P. The highest BCUT2D eigenvalue weighted by Gasteiger charge is 2.34. The molecule has 0 N–H and O–H groups in total. The van der Waals surface area contributed by atoms with Crippen LogP contribution in [0.1, 0.15) is 54.9 Å². The van der Waals surface area contributed by atoms with E-state index in [1.54, 1.807) is 0 Å². The van der Waals surface area contributed by atoms with E-state index in [0.717, 1.165) is 6.16 Å². The van der Waals surface area contributed by atoms with Gasteiger partial charge in [0, 0.05) is 6.42 Å². The van der Waals surface area contributed by atoms with Gasteiger partial charge in [-0.15, -0.1) is 0 Å². The third-order valence-corrected chi connectivity index (χ3v) is 6.37. The summed E-state index contributed by atoms with van der Waals surface area (Å²) in [4.78, 5) is 11.4. The van der Waals surface area contributed by atoms with Crippen LogP contribution in [0.4, 0.5) is 0 Å². The van der Waals surface area contributed by atoms with Crippen LogP contribution in [0.5, 0.6) is 0 Å². The summed E-state index contributed by atoms with van der Waals surface area (Å²) in [6.45, 7) is 16.0. The molecule has 0 rings (SSSR count). The molecule has 0 amide bonds. The van der Waals surface area contributed by atoms with Crippen LogP contribution < -0.4 is 0 Å². The van der Waals surface area contributed by atoms with Gasteiger partial charge in [-0.3, -0.25) is 4.79 Å². The zero-order valence-electron chi connectivity index (χ0n) is 11.9. The molecule has 0 saturated heterocycles. The van der Waals surface area contributed by atoms with Gasteiger partial charge >= 0.3 is 5.97 Å². The van der Waals surface area contributed by atoms with Gasteiger partial charge in [-0.2, -0.15) is 0 Å². The fraction of sp³-hybridized carbons (Fsp3) is 0.923. The van der Waals surface area contributed by atoms with Crippen molar-refractivity contribution in [3.63, 3.8) is 0 Å². The van der Waals surface area contributed by atoms with E-state index in [1.807, 2.05) is 6.92 Å². The summed E-state index contributed by atoms with van der Waals surface area (Å²) in [7, 11) is -0.187. The van der Waals surface area contributed by atoms with E-state index in [9.17, 15) is 4.79 Å². The third-order valence-electron chi connectivity index (χ3n) is 2.46. The zero-order chi connectivity index (χ0) is 13.0. The van der Waals surface area contributed by atoms with E-state index in [1.165, 1.54) is 0 Å². The molecule has 0 radical (unpaired) electrons. The van der Waals surface area contributed by atoms with Crippen LogP contribution in [0, 0.1) is 0 Å². The van der Waals surface area contributed by atoms with Gasteiger partial charge in [0.25, 0.3) is 0 Å². The molecule has 0 aliphatic carbocycles. The zero-order valence-corrected chi connectivity index (χ0v) is 12.8. The van der Waals surface area contributed by atoms with Gasteiger partial charge in [0.2, 0.25) is 0 Å². The molecular weight excluding hydrogens is 219 g/mol. The molecule has 0 fully saturated rings. The Balaban J connectivity index is 4.42. The average molecular weight is 246 g/mol. The van der Waals surface area contributed by atoms with Crippen LogP contribution >= 0.6 is 7.92 Å². The smallest absolute Gasteiger partial charge is 0.306 e. The number of carbonyl (C=O) groups is 1. The standard InChI is InChI=1S/C13H27O2P/c1-8-15-11(14)9-10-16(12(2,3)4)13(5,6)7/h8-10H2,1-7H3. The Hall–Kier alpha value is -0.100. The maximum Gasteiger partial charge on any atom is 0.306 e. The molecule has 0 aliphatic heterocycles. The number of rotatable bonds is 4. The molecule has 0 spiro atoms. The molecule has 0 aromatic heterocycles. The first-order chi connectivity index (χ1) is 7.09. The van der Waals surface area contributed by atoms with Crippen molar-refractivity contribution >= 4 is 13.9 Å². The van der Waals surface area contributed by atoms with Gasteiger partial charge in [-0.1, -0.05) is 49.5 Å². The maximum atomic E-state index is 11.4. The minimum atomic E-state index is -0.187.